The Morgan fingerprint density at radius 2 is 2.13 bits per heavy atom. The van der Waals surface area contributed by atoms with E-state index in [0.717, 1.165) is 16.9 Å². The summed E-state index contributed by atoms with van der Waals surface area (Å²) in [7, 11) is 1.67. The lowest BCUT2D eigenvalue weighted by Crippen LogP contribution is -2.17. The van der Waals surface area contributed by atoms with Crippen LogP contribution in [-0.2, 0) is 4.74 Å². The number of aryl methyl sites for hydroxylation is 1. The summed E-state index contributed by atoms with van der Waals surface area (Å²) >= 11 is 0. The van der Waals surface area contributed by atoms with Gasteiger partial charge in [0.2, 0.25) is 0 Å². The van der Waals surface area contributed by atoms with Gasteiger partial charge in [0.05, 0.1) is 19.8 Å². The second kappa shape index (κ2) is 5.73. The van der Waals surface area contributed by atoms with Gasteiger partial charge in [-0.05, 0) is 31.0 Å². The van der Waals surface area contributed by atoms with E-state index >= 15 is 0 Å². The summed E-state index contributed by atoms with van der Waals surface area (Å²) in [5.41, 5.74) is 8.14. The molecule has 2 N–H and O–H groups in total. The molecule has 0 aromatic heterocycles. The molecular formula is C12H19NO2. The largest absolute Gasteiger partial charge is 0.496 e. The van der Waals surface area contributed by atoms with Crippen LogP contribution >= 0.6 is 0 Å². The third-order valence-corrected chi connectivity index (χ3v) is 2.36. The first kappa shape index (κ1) is 12.0. The fraction of sp³-hybridized carbons (Fsp3) is 0.500. The Morgan fingerprint density at radius 1 is 1.40 bits per heavy atom. The molecule has 0 bridgehead atoms. The number of benzene rings is 1. The summed E-state index contributed by atoms with van der Waals surface area (Å²) in [6, 6.07) is 5.92. The molecule has 0 aliphatic rings. The van der Waals surface area contributed by atoms with Crippen molar-refractivity contribution in [1.82, 2.24) is 0 Å². The van der Waals surface area contributed by atoms with Crippen LogP contribution in [-0.4, -0.2) is 20.3 Å². The molecule has 0 saturated heterocycles. The third kappa shape index (κ3) is 3.22. The molecule has 1 aromatic rings. The van der Waals surface area contributed by atoms with Gasteiger partial charge in [-0.2, -0.15) is 0 Å². The van der Waals surface area contributed by atoms with Gasteiger partial charge in [-0.25, -0.2) is 0 Å². The maximum absolute atomic E-state index is 5.97. The van der Waals surface area contributed by atoms with Crippen molar-refractivity contribution >= 4 is 0 Å². The van der Waals surface area contributed by atoms with Crippen LogP contribution in [0.15, 0.2) is 18.2 Å². The standard InChI is InChI=1S/C12H19NO2/c1-4-15-8-11(13)10-6-5-9(2)12(7-10)14-3/h5-7,11H,4,8,13H2,1-3H3. The normalized spacial score (nSPS) is 12.5. The molecular weight excluding hydrogens is 190 g/mol. The molecule has 3 heteroatoms. The van der Waals surface area contributed by atoms with Gasteiger partial charge in [-0.3, -0.25) is 0 Å². The number of hydrogen-bond acceptors (Lipinski definition) is 3. The predicted molar refractivity (Wildman–Crippen MR) is 61.2 cm³/mol. The molecule has 0 fully saturated rings. The molecule has 0 radical (unpaired) electrons. The van der Waals surface area contributed by atoms with E-state index in [-0.39, 0.29) is 6.04 Å². The molecule has 1 rings (SSSR count). The first-order valence-electron chi connectivity index (χ1n) is 5.17. The van der Waals surface area contributed by atoms with E-state index in [4.69, 9.17) is 15.2 Å². The summed E-state index contributed by atoms with van der Waals surface area (Å²) < 4.78 is 10.5. The zero-order valence-electron chi connectivity index (χ0n) is 9.62. The molecule has 1 atom stereocenters. The van der Waals surface area contributed by atoms with E-state index in [1.165, 1.54) is 0 Å². The average molecular weight is 209 g/mol. The van der Waals surface area contributed by atoms with Crippen LogP contribution < -0.4 is 10.5 Å². The van der Waals surface area contributed by atoms with Gasteiger partial charge in [0.1, 0.15) is 5.75 Å². The van der Waals surface area contributed by atoms with Crippen LogP contribution in [0, 0.1) is 6.92 Å². The Morgan fingerprint density at radius 3 is 2.73 bits per heavy atom. The molecule has 84 valence electrons. The van der Waals surface area contributed by atoms with Crippen LogP contribution in [0.1, 0.15) is 24.1 Å². The van der Waals surface area contributed by atoms with E-state index in [2.05, 4.69) is 0 Å². The monoisotopic (exact) mass is 209 g/mol. The van der Waals surface area contributed by atoms with Gasteiger partial charge < -0.3 is 15.2 Å². The number of ether oxygens (including phenoxy) is 2. The van der Waals surface area contributed by atoms with Crippen molar-refractivity contribution in [3.8, 4) is 5.75 Å². The zero-order chi connectivity index (χ0) is 11.3. The zero-order valence-corrected chi connectivity index (χ0v) is 9.62. The number of rotatable bonds is 5. The Balaban J connectivity index is 2.76. The van der Waals surface area contributed by atoms with Gasteiger partial charge in [0, 0.05) is 6.61 Å². The van der Waals surface area contributed by atoms with Gasteiger partial charge in [0.15, 0.2) is 0 Å². The van der Waals surface area contributed by atoms with Crippen molar-refractivity contribution in [2.75, 3.05) is 20.3 Å². The lowest BCUT2D eigenvalue weighted by Gasteiger charge is -2.14. The molecule has 0 saturated carbocycles. The molecule has 0 heterocycles. The van der Waals surface area contributed by atoms with E-state index in [0.29, 0.717) is 13.2 Å². The van der Waals surface area contributed by atoms with Crippen molar-refractivity contribution in [2.24, 2.45) is 5.73 Å². The number of methoxy groups -OCH3 is 1. The SMILES string of the molecule is CCOCC(N)c1ccc(C)c(OC)c1. The van der Waals surface area contributed by atoms with Gasteiger partial charge in [0.25, 0.3) is 0 Å². The highest BCUT2D eigenvalue weighted by atomic mass is 16.5. The topological polar surface area (TPSA) is 44.5 Å². The van der Waals surface area contributed by atoms with Gasteiger partial charge >= 0.3 is 0 Å². The quantitative estimate of drug-likeness (QED) is 0.807. The summed E-state index contributed by atoms with van der Waals surface area (Å²) in [5.74, 6) is 0.874. The van der Waals surface area contributed by atoms with E-state index in [9.17, 15) is 0 Å². The van der Waals surface area contributed by atoms with Crippen molar-refractivity contribution in [3.63, 3.8) is 0 Å². The summed E-state index contributed by atoms with van der Waals surface area (Å²) in [6.45, 7) is 5.21. The van der Waals surface area contributed by atoms with Gasteiger partial charge in [-0.15, -0.1) is 0 Å². The van der Waals surface area contributed by atoms with Crippen LogP contribution in [0.2, 0.25) is 0 Å². The predicted octanol–water partition coefficient (Wildman–Crippen LogP) is 2.04. The fourth-order valence-electron chi connectivity index (χ4n) is 1.41. The van der Waals surface area contributed by atoms with Crippen LogP contribution in [0.25, 0.3) is 0 Å². The number of nitrogens with two attached hydrogens (primary N) is 1. The minimum Gasteiger partial charge on any atom is -0.496 e. The van der Waals surface area contributed by atoms with Crippen LogP contribution in [0.3, 0.4) is 0 Å². The molecule has 1 unspecified atom stereocenters. The highest BCUT2D eigenvalue weighted by Crippen LogP contribution is 2.22. The Labute approximate surface area is 91.2 Å². The Hall–Kier alpha value is -1.06. The summed E-state index contributed by atoms with van der Waals surface area (Å²) in [6.07, 6.45) is 0. The summed E-state index contributed by atoms with van der Waals surface area (Å²) in [5, 5.41) is 0. The van der Waals surface area contributed by atoms with E-state index < -0.39 is 0 Å². The lowest BCUT2D eigenvalue weighted by molar-refractivity contribution is 0.133. The molecule has 0 aliphatic carbocycles. The van der Waals surface area contributed by atoms with Crippen molar-refractivity contribution in [1.29, 1.82) is 0 Å². The smallest absolute Gasteiger partial charge is 0.122 e. The molecule has 0 aliphatic heterocycles. The lowest BCUT2D eigenvalue weighted by atomic mass is 10.1. The fourth-order valence-corrected chi connectivity index (χ4v) is 1.41. The highest BCUT2D eigenvalue weighted by Gasteiger charge is 2.08. The van der Waals surface area contributed by atoms with Crippen molar-refractivity contribution in [2.45, 2.75) is 19.9 Å². The molecule has 0 spiro atoms. The van der Waals surface area contributed by atoms with E-state index in [1.54, 1.807) is 7.11 Å². The first-order valence-corrected chi connectivity index (χ1v) is 5.17. The number of hydrogen-bond donors (Lipinski definition) is 1. The maximum atomic E-state index is 5.97. The van der Waals surface area contributed by atoms with Gasteiger partial charge in [-0.1, -0.05) is 12.1 Å². The molecule has 3 nitrogen and oxygen atoms in total. The minimum absolute atomic E-state index is 0.0838. The van der Waals surface area contributed by atoms with Crippen molar-refractivity contribution < 1.29 is 9.47 Å². The Bertz CT molecular complexity index is 312. The highest BCUT2D eigenvalue weighted by molar-refractivity contribution is 5.37. The first-order chi connectivity index (χ1) is 7.19. The second-order valence-corrected chi connectivity index (χ2v) is 3.50. The minimum atomic E-state index is -0.0838. The maximum Gasteiger partial charge on any atom is 0.122 e. The van der Waals surface area contributed by atoms with E-state index in [1.807, 2.05) is 32.0 Å². The van der Waals surface area contributed by atoms with Crippen LogP contribution in [0.5, 0.6) is 5.75 Å². The van der Waals surface area contributed by atoms with Crippen LogP contribution in [0.4, 0.5) is 0 Å². The molecule has 1 aromatic carbocycles. The average Bonchev–Trinajstić information content (AvgIpc) is 2.26. The Kier molecular flexibility index (Phi) is 4.59. The molecule has 15 heavy (non-hydrogen) atoms. The molecule has 0 amide bonds. The summed E-state index contributed by atoms with van der Waals surface area (Å²) in [4.78, 5) is 0. The second-order valence-electron chi connectivity index (χ2n) is 3.50. The van der Waals surface area contributed by atoms with Crippen molar-refractivity contribution in [3.05, 3.63) is 29.3 Å². The third-order valence-electron chi connectivity index (χ3n) is 2.36.